The molecule has 4 aromatic rings. The minimum Gasteiger partial charge on any atom is -0.452 e. The van der Waals surface area contributed by atoms with Crippen LogP contribution in [-0.2, 0) is 9.53 Å². The fourth-order valence-electron chi connectivity index (χ4n) is 3.05. The molecule has 2 aromatic carbocycles. The molecule has 30 heavy (non-hydrogen) atoms. The average Bonchev–Trinajstić information content (AvgIpc) is 3.18. The molecule has 0 aliphatic heterocycles. The largest absolute Gasteiger partial charge is 0.452 e. The van der Waals surface area contributed by atoms with Gasteiger partial charge < -0.3 is 15.0 Å². The van der Waals surface area contributed by atoms with Crippen molar-refractivity contribution in [2.45, 2.75) is 13.8 Å². The van der Waals surface area contributed by atoms with E-state index in [0.29, 0.717) is 22.6 Å². The monoisotopic (exact) mass is 400 g/mol. The number of fused-ring (bicyclic) bond motifs is 1. The standard InChI is InChI=1S/C23H20N4O3/c1-14-5-6-15(2)19(10-14)25-21(28)13-30-23(29)16-7-8-18-20(11-16)27-22(26-18)17-4-3-9-24-12-17/h3-12H,13H2,1-2H3,(H,25,28)(H,26,27). The minimum atomic E-state index is -0.578. The Balaban J connectivity index is 1.43. The third kappa shape index (κ3) is 4.20. The first kappa shape index (κ1) is 19.3. The van der Waals surface area contributed by atoms with Crippen molar-refractivity contribution in [3.8, 4) is 11.4 Å². The molecule has 1 amide bonds. The smallest absolute Gasteiger partial charge is 0.338 e. The van der Waals surface area contributed by atoms with Crippen LogP contribution in [0.2, 0.25) is 0 Å². The summed E-state index contributed by atoms with van der Waals surface area (Å²) in [5, 5.41) is 2.77. The molecule has 0 fully saturated rings. The topological polar surface area (TPSA) is 97.0 Å². The van der Waals surface area contributed by atoms with Gasteiger partial charge in [-0.05, 0) is 61.4 Å². The summed E-state index contributed by atoms with van der Waals surface area (Å²) in [5.41, 5.74) is 5.28. The molecular formula is C23H20N4O3. The molecule has 0 spiro atoms. The molecule has 4 rings (SSSR count). The molecule has 0 saturated heterocycles. The van der Waals surface area contributed by atoms with E-state index in [1.54, 1.807) is 30.6 Å². The minimum absolute atomic E-state index is 0.337. The number of amides is 1. The number of imidazole rings is 1. The first-order valence-electron chi connectivity index (χ1n) is 9.44. The molecule has 0 radical (unpaired) electrons. The van der Waals surface area contributed by atoms with Gasteiger partial charge in [-0.25, -0.2) is 9.78 Å². The maximum atomic E-state index is 12.4. The molecule has 150 valence electrons. The first-order chi connectivity index (χ1) is 14.5. The van der Waals surface area contributed by atoms with Crippen molar-refractivity contribution >= 4 is 28.6 Å². The summed E-state index contributed by atoms with van der Waals surface area (Å²) in [5.74, 6) is -0.305. The zero-order chi connectivity index (χ0) is 21.1. The summed E-state index contributed by atoms with van der Waals surface area (Å²) in [6.45, 7) is 3.48. The number of hydrogen-bond acceptors (Lipinski definition) is 5. The second-order valence-corrected chi connectivity index (χ2v) is 7.00. The number of aromatic nitrogens is 3. The van der Waals surface area contributed by atoms with E-state index in [-0.39, 0.29) is 6.61 Å². The van der Waals surface area contributed by atoms with E-state index in [4.69, 9.17) is 4.74 Å². The van der Waals surface area contributed by atoms with Gasteiger partial charge in [-0.1, -0.05) is 12.1 Å². The van der Waals surface area contributed by atoms with Gasteiger partial charge in [-0.2, -0.15) is 0 Å². The number of H-pyrrole nitrogens is 1. The predicted molar refractivity (Wildman–Crippen MR) is 114 cm³/mol. The van der Waals surface area contributed by atoms with Gasteiger partial charge in [0.1, 0.15) is 5.82 Å². The number of esters is 1. The highest BCUT2D eigenvalue weighted by molar-refractivity contribution is 5.97. The molecule has 0 atom stereocenters. The fourth-order valence-corrected chi connectivity index (χ4v) is 3.05. The van der Waals surface area contributed by atoms with Crippen LogP contribution in [0.3, 0.4) is 0 Å². The van der Waals surface area contributed by atoms with Crippen LogP contribution >= 0.6 is 0 Å². The van der Waals surface area contributed by atoms with Crippen molar-refractivity contribution < 1.29 is 14.3 Å². The van der Waals surface area contributed by atoms with Gasteiger partial charge in [0, 0.05) is 23.6 Å². The zero-order valence-corrected chi connectivity index (χ0v) is 16.6. The van der Waals surface area contributed by atoms with Gasteiger partial charge in [0.05, 0.1) is 16.6 Å². The molecular weight excluding hydrogens is 380 g/mol. The highest BCUT2D eigenvalue weighted by Gasteiger charge is 2.13. The Bertz CT molecular complexity index is 1230. The number of benzene rings is 2. The Morgan fingerprint density at radius 1 is 1.10 bits per heavy atom. The summed E-state index contributed by atoms with van der Waals surface area (Å²) in [6, 6.07) is 14.5. The number of carbonyl (C=O) groups is 2. The third-order valence-electron chi connectivity index (χ3n) is 4.65. The summed E-state index contributed by atoms with van der Waals surface area (Å²) >= 11 is 0. The maximum Gasteiger partial charge on any atom is 0.338 e. The predicted octanol–water partition coefficient (Wildman–Crippen LogP) is 4.04. The van der Waals surface area contributed by atoms with Crippen LogP contribution in [-0.4, -0.2) is 33.4 Å². The number of aryl methyl sites for hydroxylation is 2. The van der Waals surface area contributed by atoms with E-state index >= 15 is 0 Å². The van der Waals surface area contributed by atoms with Crippen molar-refractivity contribution in [1.29, 1.82) is 0 Å². The molecule has 0 aliphatic rings. The van der Waals surface area contributed by atoms with Crippen LogP contribution < -0.4 is 5.32 Å². The molecule has 0 saturated carbocycles. The number of hydrogen-bond donors (Lipinski definition) is 2. The lowest BCUT2D eigenvalue weighted by atomic mass is 10.1. The van der Waals surface area contributed by atoms with E-state index < -0.39 is 11.9 Å². The maximum absolute atomic E-state index is 12.4. The van der Waals surface area contributed by atoms with E-state index in [1.165, 1.54) is 0 Å². The number of ether oxygens (including phenoxy) is 1. The van der Waals surface area contributed by atoms with Gasteiger partial charge >= 0.3 is 5.97 Å². The van der Waals surface area contributed by atoms with E-state index in [0.717, 1.165) is 22.2 Å². The number of anilines is 1. The van der Waals surface area contributed by atoms with Crippen LogP contribution in [0.5, 0.6) is 0 Å². The summed E-state index contributed by atoms with van der Waals surface area (Å²) < 4.78 is 5.18. The number of nitrogens with one attached hydrogen (secondary N) is 2. The first-order valence-corrected chi connectivity index (χ1v) is 9.44. The Labute approximate surface area is 173 Å². The second-order valence-electron chi connectivity index (χ2n) is 7.00. The van der Waals surface area contributed by atoms with Gasteiger partial charge in [0.2, 0.25) is 0 Å². The van der Waals surface area contributed by atoms with Gasteiger partial charge in [0.25, 0.3) is 5.91 Å². The summed E-state index contributed by atoms with van der Waals surface area (Å²) in [4.78, 5) is 36.3. The van der Waals surface area contributed by atoms with Crippen LogP contribution in [0.4, 0.5) is 5.69 Å². The lowest BCUT2D eigenvalue weighted by Gasteiger charge is -2.10. The molecule has 0 unspecified atom stereocenters. The molecule has 2 heterocycles. The van der Waals surface area contributed by atoms with Crippen molar-refractivity contribution in [2.75, 3.05) is 11.9 Å². The quantitative estimate of drug-likeness (QED) is 0.493. The Kier molecular flexibility index (Phi) is 5.26. The second kappa shape index (κ2) is 8.16. The highest BCUT2D eigenvalue weighted by Crippen LogP contribution is 2.21. The van der Waals surface area contributed by atoms with Crippen molar-refractivity contribution in [3.05, 3.63) is 77.6 Å². The van der Waals surface area contributed by atoms with E-state index in [1.807, 2.05) is 44.2 Å². The Hall–Kier alpha value is -4.00. The van der Waals surface area contributed by atoms with Crippen molar-refractivity contribution in [1.82, 2.24) is 15.0 Å². The Morgan fingerprint density at radius 3 is 2.77 bits per heavy atom. The number of rotatable bonds is 5. The van der Waals surface area contributed by atoms with Gasteiger partial charge in [0.15, 0.2) is 6.61 Å². The van der Waals surface area contributed by atoms with Crippen molar-refractivity contribution in [2.24, 2.45) is 0 Å². The normalized spacial score (nSPS) is 10.7. The number of carbonyl (C=O) groups excluding carboxylic acids is 2. The fraction of sp³-hybridized carbons (Fsp3) is 0.130. The molecule has 0 aliphatic carbocycles. The average molecular weight is 400 g/mol. The SMILES string of the molecule is Cc1ccc(C)c(NC(=O)COC(=O)c2ccc3nc(-c4cccnc4)[nH]c3c2)c1. The van der Waals surface area contributed by atoms with Crippen LogP contribution in [0.25, 0.3) is 22.4 Å². The molecule has 2 N–H and O–H groups in total. The van der Waals surface area contributed by atoms with Gasteiger partial charge in [-0.15, -0.1) is 0 Å². The highest BCUT2D eigenvalue weighted by atomic mass is 16.5. The van der Waals surface area contributed by atoms with Crippen molar-refractivity contribution in [3.63, 3.8) is 0 Å². The van der Waals surface area contributed by atoms with E-state index in [2.05, 4.69) is 20.3 Å². The van der Waals surface area contributed by atoms with Crippen LogP contribution in [0, 0.1) is 13.8 Å². The van der Waals surface area contributed by atoms with Crippen LogP contribution in [0.15, 0.2) is 60.9 Å². The molecule has 0 bridgehead atoms. The van der Waals surface area contributed by atoms with E-state index in [9.17, 15) is 9.59 Å². The lowest BCUT2D eigenvalue weighted by Crippen LogP contribution is -2.21. The number of nitrogens with zero attached hydrogens (tertiary/aromatic N) is 2. The zero-order valence-electron chi connectivity index (χ0n) is 16.6. The van der Waals surface area contributed by atoms with Crippen LogP contribution in [0.1, 0.15) is 21.5 Å². The third-order valence-corrected chi connectivity index (χ3v) is 4.65. The molecule has 7 heteroatoms. The molecule has 7 nitrogen and oxygen atoms in total. The molecule has 2 aromatic heterocycles. The number of pyridine rings is 1. The van der Waals surface area contributed by atoms with Gasteiger partial charge in [-0.3, -0.25) is 9.78 Å². The Morgan fingerprint density at radius 2 is 1.97 bits per heavy atom. The summed E-state index contributed by atoms with van der Waals surface area (Å²) in [7, 11) is 0. The lowest BCUT2D eigenvalue weighted by molar-refractivity contribution is -0.119. The summed E-state index contributed by atoms with van der Waals surface area (Å²) in [6.07, 6.45) is 3.40. The number of aromatic amines is 1.